The van der Waals surface area contributed by atoms with Crippen LogP contribution in [-0.2, 0) is 46.5 Å². The second kappa shape index (κ2) is 11.8. The molecule has 0 aliphatic carbocycles. The monoisotopic (exact) mass is 465 g/mol. The highest BCUT2D eigenvalue weighted by Gasteiger charge is 2.23. The number of carboxylic acids is 1. The Labute approximate surface area is 196 Å². The first-order valence-corrected chi connectivity index (χ1v) is 12.9. The van der Waals surface area contributed by atoms with Crippen LogP contribution in [0.1, 0.15) is 47.6 Å². The zero-order valence-electron chi connectivity index (χ0n) is 19.0. The van der Waals surface area contributed by atoms with Crippen LogP contribution in [0.4, 0.5) is 0 Å². The molecule has 5 nitrogen and oxygen atoms in total. The number of nitrogens with zero attached hydrogens (tertiary/aromatic N) is 1. The SMILES string of the molecule is CCCCc1ccc(CN(Cc2cccc(CC(=O)O)c2)S(=O)(=O)Cc2ccccc2)cc1. The van der Waals surface area contributed by atoms with Gasteiger partial charge in [0.15, 0.2) is 0 Å². The fourth-order valence-electron chi connectivity index (χ4n) is 3.74. The average molecular weight is 466 g/mol. The molecule has 0 amide bonds. The van der Waals surface area contributed by atoms with E-state index in [1.165, 1.54) is 9.87 Å². The van der Waals surface area contributed by atoms with Crippen LogP contribution < -0.4 is 0 Å². The molecule has 0 unspecified atom stereocenters. The quantitative estimate of drug-likeness (QED) is 0.399. The van der Waals surface area contributed by atoms with Crippen LogP contribution in [0.2, 0.25) is 0 Å². The second-order valence-corrected chi connectivity index (χ2v) is 10.3. The molecule has 33 heavy (non-hydrogen) atoms. The summed E-state index contributed by atoms with van der Waals surface area (Å²) in [7, 11) is -3.62. The number of carbonyl (C=O) groups is 1. The molecule has 1 N–H and O–H groups in total. The van der Waals surface area contributed by atoms with Gasteiger partial charge >= 0.3 is 5.97 Å². The predicted molar refractivity (Wildman–Crippen MR) is 131 cm³/mol. The predicted octanol–water partition coefficient (Wildman–Crippen LogP) is 5.19. The Hall–Kier alpha value is -2.96. The molecule has 3 aromatic rings. The molecule has 0 radical (unpaired) electrons. The Morgan fingerprint density at radius 2 is 1.39 bits per heavy atom. The van der Waals surface area contributed by atoms with Gasteiger partial charge in [-0.1, -0.05) is 92.2 Å². The maximum absolute atomic E-state index is 13.4. The van der Waals surface area contributed by atoms with Crippen LogP contribution in [0.15, 0.2) is 78.9 Å². The molecule has 0 saturated carbocycles. The lowest BCUT2D eigenvalue weighted by atomic mass is 10.1. The van der Waals surface area contributed by atoms with Crippen LogP contribution in [-0.4, -0.2) is 23.8 Å². The lowest BCUT2D eigenvalue weighted by Gasteiger charge is -2.23. The first-order chi connectivity index (χ1) is 15.9. The first-order valence-electron chi connectivity index (χ1n) is 11.2. The largest absolute Gasteiger partial charge is 0.481 e. The number of hydrogen-bond acceptors (Lipinski definition) is 3. The van der Waals surface area contributed by atoms with Crippen molar-refractivity contribution in [2.45, 2.75) is 51.4 Å². The lowest BCUT2D eigenvalue weighted by Crippen LogP contribution is -2.31. The molecule has 0 fully saturated rings. The van der Waals surface area contributed by atoms with Gasteiger partial charge in [0.2, 0.25) is 10.0 Å². The number of aryl methyl sites for hydroxylation is 1. The number of benzene rings is 3. The van der Waals surface area contributed by atoms with E-state index in [0.717, 1.165) is 36.0 Å². The normalized spacial score (nSPS) is 11.6. The summed E-state index contributed by atoms with van der Waals surface area (Å²) in [4.78, 5) is 11.1. The molecule has 174 valence electrons. The highest BCUT2D eigenvalue weighted by atomic mass is 32.2. The number of carboxylic acid groups (broad SMARTS) is 1. The summed E-state index contributed by atoms with van der Waals surface area (Å²) in [5.41, 5.74) is 4.33. The molecule has 6 heteroatoms. The molecule has 0 aliphatic rings. The highest BCUT2D eigenvalue weighted by molar-refractivity contribution is 7.88. The summed E-state index contributed by atoms with van der Waals surface area (Å²) in [6.45, 7) is 2.60. The van der Waals surface area contributed by atoms with E-state index in [0.29, 0.717) is 5.56 Å². The van der Waals surface area contributed by atoms with Crippen molar-refractivity contribution in [3.63, 3.8) is 0 Å². The van der Waals surface area contributed by atoms with Crippen LogP contribution in [0, 0.1) is 0 Å². The van der Waals surface area contributed by atoms with Gasteiger partial charge in [-0.2, -0.15) is 4.31 Å². The van der Waals surface area contributed by atoms with Crippen LogP contribution in [0.5, 0.6) is 0 Å². The maximum Gasteiger partial charge on any atom is 0.307 e. The van der Waals surface area contributed by atoms with Crippen molar-refractivity contribution in [1.29, 1.82) is 0 Å². The molecular formula is C27H31NO4S. The molecule has 0 aromatic heterocycles. The molecule has 3 aromatic carbocycles. The summed E-state index contributed by atoms with van der Waals surface area (Å²) in [6, 6.07) is 24.4. The molecule has 3 rings (SSSR count). The third-order valence-electron chi connectivity index (χ3n) is 5.49. The van der Waals surface area contributed by atoms with Crippen LogP contribution in [0.3, 0.4) is 0 Å². The zero-order chi connectivity index (χ0) is 23.7. The Kier molecular flexibility index (Phi) is 8.80. The van der Waals surface area contributed by atoms with Gasteiger partial charge in [-0.15, -0.1) is 0 Å². The van der Waals surface area contributed by atoms with E-state index in [4.69, 9.17) is 5.11 Å². The van der Waals surface area contributed by atoms with Crippen molar-refractivity contribution >= 4 is 16.0 Å². The van der Waals surface area contributed by atoms with Gasteiger partial charge in [0.1, 0.15) is 0 Å². The van der Waals surface area contributed by atoms with Gasteiger partial charge in [0.05, 0.1) is 12.2 Å². The van der Waals surface area contributed by atoms with E-state index in [2.05, 4.69) is 19.1 Å². The summed E-state index contributed by atoms with van der Waals surface area (Å²) in [5, 5.41) is 9.10. The summed E-state index contributed by atoms with van der Waals surface area (Å²) < 4.78 is 28.3. The lowest BCUT2D eigenvalue weighted by molar-refractivity contribution is -0.136. The minimum Gasteiger partial charge on any atom is -0.481 e. The smallest absolute Gasteiger partial charge is 0.307 e. The van der Waals surface area contributed by atoms with E-state index in [9.17, 15) is 13.2 Å². The fourth-order valence-corrected chi connectivity index (χ4v) is 5.23. The van der Waals surface area contributed by atoms with Gasteiger partial charge in [-0.25, -0.2) is 8.42 Å². The first kappa shape index (κ1) is 24.7. The number of unbranched alkanes of at least 4 members (excludes halogenated alkanes) is 1. The van der Waals surface area contributed by atoms with E-state index < -0.39 is 16.0 Å². The minimum absolute atomic E-state index is 0.0861. The van der Waals surface area contributed by atoms with Gasteiger partial charge in [-0.3, -0.25) is 4.79 Å². The number of aliphatic carboxylic acids is 1. The van der Waals surface area contributed by atoms with Crippen molar-refractivity contribution in [1.82, 2.24) is 4.31 Å². The Bertz CT molecular complexity index is 1140. The van der Waals surface area contributed by atoms with Crippen molar-refractivity contribution in [2.24, 2.45) is 0 Å². The Balaban J connectivity index is 1.85. The molecular weight excluding hydrogens is 434 g/mol. The average Bonchev–Trinajstić information content (AvgIpc) is 2.78. The Morgan fingerprint density at radius 3 is 2.06 bits per heavy atom. The molecule has 0 bridgehead atoms. The minimum atomic E-state index is -3.62. The van der Waals surface area contributed by atoms with Crippen LogP contribution in [0.25, 0.3) is 0 Å². The number of sulfonamides is 1. The van der Waals surface area contributed by atoms with Gasteiger partial charge < -0.3 is 5.11 Å². The second-order valence-electron chi connectivity index (χ2n) is 8.32. The number of hydrogen-bond donors (Lipinski definition) is 1. The summed E-state index contributed by atoms with van der Waals surface area (Å²) in [6.07, 6.45) is 3.19. The summed E-state index contributed by atoms with van der Waals surface area (Å²) in [5.74, 6) is -0.999. The van der Waals surface area contributed by atoms with Crippen molar-refractivity contribution in [3.8, 4) is 0 Å². The van der Waals surface area contributed by atoms with Crippen molar-refractivity contribution in [2.75, 3.05) is 0 Å². The zero-order valence-corrected chi connectivity index (χ0v) is 19.8. The van der Waals surface area contributed by atoms with E-state index in [1.54, 1.807) is 18.2 Å². The Morgan fingerprint density at radius 1 is 0.788 bits per heavy atom. The van der Waals surface area contributed by atoms with E-state index in [-0.39, 0.29) is 25.3 Å². The van der Waals surface area contributed by atoms with Crippen molar-refractivity contribution in [3.05, 3.63) is 107 Å². The topological polar surface area (TPSA) is 74.7 Å². The van der Waals surface area contributed by atoms with Gasteiger partial charge in [0.25, 0.3) is 0 Å². The molecule has 0 heterocycles. The molecule has 0 spiro atoms. The van der Waals surface area contributed by atoms with Crippen LogP contribution >= 0.6 is 0 Å². The van der Waals surface area contributed by atoms with E-state index in [1.807, 2.05) is 48.5 Å². The third kappa shape index (κ3) is 7.84. The summed E-state index contributed by atoms with van der Waals surface area (Å²) >= 11 is 0. The highest BCUT2D eigenvalue weighted by Crippen LogP contribution is 2.20. The number of rotatable bonds is 12. The molecule has 0 atom stereocenters. The molecule has 0 aliphatic heterocycles. The third-order valence-corrected chi connectivity index (χ3v) is 7.23. The standard InChI is InChI=1S/C27H31NO4S/c1-2-3-8-22-13-15-23(16-14-22)19-28(33(31,32)21-24-9-5-4-6-10-24)20-26-12-7-11-25(17-26)18-27(29)30/h4-7,9-17H,2-3,8,18-21H2,1H3,(H,29,30). The maximum atomic E-state index is 13.4. The van der Waals surface area contributed by atoms with Gasteiger partial charge in [0, 0.05) is 13.1 Å². The van der Waals surface area contributed by atoms with Gasteiger partial charge in [-0.05, 0) is 40.7 Å². The van der Waals surface area contributed by atoms with E-state index >= 15 is 0 Å². The molecule has 0 saturated heterocycles. The van der Waals surface area contributed by atoms with Crippen molar-refractivity contribution < 1.29 is 18.3 Å². The fraction of sp³-hybridized carbons (Fsp3) is 0.296.